The van der Waals surface area contributed by atoms with Crippen molar-refractivity contribution in [3.05, 3.63) is 83.4 Å². The summed E-state index contributed by atoms with van der Waals surface area (Å²) >= 11 is 0. The Balaban J connectivity index is 1.31. The molecule has 0 aliphatic carbocycles. The second kappa shape index (κ2) is 10.1. The Morgan fingerprint density at radius 3 is 2.26 bits per heavy atom. The summed E-state index contributed by atoms with van der Waals surface area (Å²) in [5, 5.41) is 20.0. The number of hydrogen-bond donors (Lipinski definition) is 2. The standard InChI is InChI=1S/C30H34N2O3/c1-30(21-22-6-13-26(14-7-22)35-19-18-32-16-4-2-3-5-17-32)27-20-25(34)12-15-28(27)31-29(30)23-8-10-24(33)11-9-23/h6-15,20,33-34H,2-5,16-19,21H2,1H3. The molecule has 1 fully saturated rings. The maximum atomic E-state index is 10.2. The number of hydrogen-bond acceptors (Lipinski definition) is 5. The van der Waals surface area contributed by atoms with Gasteiger partial charge in [0.15, 0.2) is 0 Å². The molecular formula is C30H34N2O3. The van der Waals surface area contributed by atoms with Crippen molar-refractivity contribution in [3.63, 3.8) is 0 Å². The minimum atomic E-state index is -0.416. The number of phenols is 2. The number of aliphatic imine (C=N–C) groups is 1. The first-order valence-electron chi connectivity index (χ1n) is 12.7. The van der Waals surface area contributed by atoms with Crippen LogP contribution in [0.15, 0.2) is 71.7 Å². The van der Waals surface area contributed by atoms with Gasteiger partial charge >= 0.3 is 0 Å². The second-order valence-electron chi connectivity index (χ2n) is 9.97. The summed E-state index contributed by atoms with van der Waals surface area (Å²) < 4.78 is 6.05. The molecule has 0 bridgehead atoms. The Bertz CT molecular complexity index is 1180. The average molecular weight is 471 g/mol. The lowest BCUT2D eigenvalue weighted by molar-refractivity contribution is 0.214. The number of benzene rings is 3. The second-order valence-corrected chi connectivity index (χ2v) is 9.97. The van der Waals surface area contributed by atoms with Gasteiger partial charge in [-0.15, -0.1) is 0 Å². The molecule has 5 heteroatoms. The van der Waals surface area contributed by atoms with Crippen molar-refractivity contribution in [2.45, 2.75) is 44.4 Å². The van der Waals surface area contributed by atoms with E-state index in [1.165, 1.54) is 44.3 Å². The molecule has 1 saturated heterocycles. The normalized spacial score (nSPS) is 20.2. The van der Waals surface area contributed by atoms with Gasteiger partial charge in [0.1, 0.15) is 23.9 Å². The zero-order valence-corrected chi connectivity index (χ0v) is 20.4. The zero-order chi connectivity index (χ0) is 24.3. The number of ether oxygens (including phenoxy) is 1. The van der Waals surface area contributed by atoms with Crippen molar-refractivity contribution in [1.29, 1.82) is 0 Å². The summed E-state index contributed by atoms with van der Waals surface area (Å²) in [4.78, 5) is 7.46. The van der Waals surface area contributed by atoms with Crippen LogP contribution in [-0.2, 0) is 11.8 Å². The van der Waals surface area contributed by atoms with E-state index in [9.17, 15) is 10.2 Å². The molecule has 0 radical (unpaired) electrons. The van der Waals surface area contributed by atoms with Crippen molar-refractivity contribution >= 4 is 11.4 Å². The number of likely N-dealkylation sites (tertiary alicyclic amines) is 1. The molecule has 2 aliphatic heterocycles. The van der Waals surface area contributed by atoms with Gasteiger partial charge in [-0.3, -0.25) is 9.89 Å². The summed E-state index contributed by atoms with van der Waals surface area (Å²) in [5.41, 5.74) is 4.56. The van der Waals surface area contributed by atoms with Crippen LogP contribution in [0.1, 0.15) is 49.3 Å². The first-order valence-corrected chi connectivity index (χ1v) is 12.7. The van der Waals surface area contributed by atoms with Crippen LogP contribution in [0.4, 0.5) is 5.69 Å². The number of phenolic OH excluding ortho intramolecular Hbond substituents is 2. The van der Waals surface area contributed by atoms with E-state index in [0.717, 1.165) is 41.2 Å². The third-order valence-corrected chi connectivity index (χ3v) is 7.33. The van der Waals surface area contributed by atoms with Crippen molar-refractivity contribution in [3.8, 4) is 17.2 Å². The molecule has 35 heavy (non-hydrogen) atoms. The first kappa shape index (κ1) is 23.4. The minimum absolute atomic E-state index is 0.232. The highest BCUT2D eigenvalue weighted by Gasteiger charge is 2.40. The van der Waals surface area contributed by atoms with Gasteiger partial charge in [0.2, 0.25) is 0 Å². The number of aromatic hydroxyl groups is 2. The van der Waals surface area contributed by atoms with E-state index in [4.69, 9.17) is 9.73 Å². The molecule has 0 spiro atoms. The lowest BCUT2D eigenvalue weighted by Gasteiger charge is -2.28. The lowest BCUT2D eigenvalue weighted by Crippen LogP contribution is -2.33. The van der Waals surface area contributed by atoms with Crippen LogP contribution in [0.25, 0.3) is 0 Å². The molecule has 2 aliphatic rings. The summed E-state index contributed by atoms with van der Waals surface area (Å²) in [6.07, 6.45) is 6.02. The summed E-state index contributed by atoms with van der Waals surface area (Å²) in [6, 6.07) is 20.9. The van der Waals surface area contributed by atoms with Gasteiger partial charge in [0.25, 0.3) is 0 Å². The summed E-state index contributed by atoms with van der Waals surface area (Å²) in [7, 11) is 0. The van der Waals surface area contributed by atoms with E-state index < -0.39 is 5.41 Å². The van der Waals surface area contributed by atoms with Crippen molar-refractivity contribution in [2.24, 2.45) is 4.99 Å². The molecule has 5 nitrogen and oxygen atoms in total. The monoisotopic (exact) mass is 470 g/mol. The van der Waals surface area contributed by atoms with Crippen LogP contribution in [0.3, 0.4) is 0 Å². The number of nitrogens with zero attached hydrogens (tertiary/aromatic N) is 2. The molecule has 3 aromatic rings. The molecule has 1 unspecified atom stereocenters. The Morgan fingerprint density at radius 1 is 0.857 bits per heavy atom. The summed E-state index contributed by atoms with van der Waals surface area (Å²) in [5.74, 6) is 1.37. The molecule has 3 aromatic carbocycles. The Hall–Kier alpha value is -3.31. The van der Waals surface area contributed by atoms with E-state index in [0.29, 0.717) is 6.61 Å². The van der Waals surface area contributed by atoms with Crippen LogP contribution >= 0.6 is 0 Å². The predicted molar refractivity (Wildman–Crippen MR) is 140 cm³/mol. The van der Waals surface area contributed by atoms with Gasteiger partial charge < -0.3 is 14.9 Å². The summed E-state index contributed by atoms with van der Waals surface area (Å²) in [6.45, 7) is 6.23. The quantitative estimate of drug-likeness (QED) is 0.445. The maximum absolute atomic E-state index is 10.2. The average Bonchev–Trinajstić information content (AvgIpc) is 3.00. The van der Waals surface area contributed by atoms with Crippen LogP contribution in [0.2, 0.25) is 0 Å². The Labute approximate surface area is 207 Å². The van der Waals surface area contributed by atoms with Crippen LogP contribution in [0.5, 0.6) is 17.2 Å². The third-order valence-electron chi connectivity index (χ3n) is 7.33. The van der Waals surface area contributed by atoms with Crippen molar-refractivity contribution in [2.75, 3.05) is 26.2 Å². The fourth-order valence-corrected chi connectivity index (χ4v) is 5.38. The Morgan fingerprint density at radius 2 is 1.54 bits per heavy atom. The molecule has 1 atom stereocenters. The fourth-order valence-electron chi connectivity index (χ4n) is 5.38. The van der Waals surface area contributed by atoms with Crippen LogP contribution in [0, 0.1) is 0 Å². The van der Waals surface area contributed by atoms with Gasteiger partial charge in [-0.25, -0.2) is 0 Å². The molecule has 5 rings (SSSR count). The lowest BCUT2D eigenvalue weighted by atomic mass is 9.73. The van der Waals surface area contributed by atoms with E-state index in [1.54, 1.807) is 18.2 Å². The highest BCUT2D eigenvalue weighted by Crippen LogP contribution is 2.45. The smallest absolute Gasteiger partial charge is 0.119 e. The molecule has 0 aromatic heterocycles. The maximum Gasteiger partial charge on any atom is 0.119 e. The largest absolute Gasteiger partial charge is 0.508 e. The highest BCUT2D eigenvalue weighted by molar-refractivity contribution is 6.12. The fraction of sp³-hybridized carbons (Fsp3) is 0.367. The topological polar surface area (TPSA) is 65.3 Å². The van der Waals surface area contributed by atoms with Gasteiger partial charge in [0.05, 0.1) is 11.4 Å². The molecule has 2 N–H and O–H groups in total. The van der Waals surface area contributed by atoms with E-state index >= 15 is 0 Å². The molecule has 2 heterocycles. The molecule has 0 saturated carbocycles. The molecule has 182 valence electrons. The van der Waals surface area contributed by atoms with E-state index in [-0.39, 0.29) is 11.5 Å². The predicted octanol–water partition coefficient (Wildman–Crippen LogP) is 5.99. The number of fused-ring (bicyclic) bond motifs is 1. The third kappa shape index (κ3) is 5.20. The van der Waals surface area contributed by atoms with Crippen LogP contribution in [-0.4, -0.2) is 47.1 Å². The van der Waals surface area contributed by atoms with E-state index in [2.05, 4.69) is 36.1 Å². The Kier molecular flexibility index (Phi) is 6.78. The van der Waals surface area contributed by atoms with Gasteiger partial charge in [-0.2, -0.15) is 0 Å². The SMILES string of the molecule is CC1(Cc2ccc(OCCN3CCCCCC3)cc2)C(c2ccc(O)cc2)=Nc2ccc(O)cc21. The van der Waals surface area contributed by atoms with Crippen LogP contribution < -0.4 is 4.74 Å². The van der Waals surface area contributed by atoms with Gasteiger partial charge in [0, 0.05) is 12.0 Å². The highest BCUT2D eigenvalue weighted by atomic mass is 16.5. The first-order chi connectivity index (χ1) is 17.0. The number of rotatable bonds is 7. The van der Waals surface area contributed by atoms with Gasteiger partial charge in [-0.1, -0.05) is 25.0 Å². The van der Waals surface area contributed by atoms with E-state index in [1.807, 2.05) is 24.3 Å². The molecular weight excluding hydrogens is 436 g/mol. The zero-order valence-electron chi connectivity index (χ0n) is 20.4. The van der Waals surface area contributed by atoms with Gasteiger partial charge in [-0.05, 0) is 111 Å². The minimum Gasteiger partial charge on any atom is -0.508 e. The van der Waals surface area contributed by atoms with Crippen molar-refractivity contribution < 1.29 is 14.9 Å². The van der Waals surface area contributed by atoms with Crippen molar-refractivity contribution in [1.82, 2.24) is 4.90 Å². The molecule has 0 amide bonds.